The summed E-state index contributed by atoms with van der Waals surface area (Å²) >= 11 is 0. The van der Waals surface area contributed by atoms with Crippen LogP contribution in [0.25, 0.3) is 0 Å². The van der Waals surface area contributed by atoms with Crippen molar-refractivity contribution in [3.63, 3.8) is 0 Å². The first kappa shape index (κ1) is 15.1. The number of nitrogen functional groups attached to an aromatic ring is 1. The fourth-order valence-corrected chi connectivity index (χ4v) is 2.55. The van der Waals surface area contributed by atoms with Crippen molar-refractivity contribution < 1.29 is 9.53 Å². The number of aromatic nitrogens is 2. The number of aryl methyl sites for hydroxylation is 1. The van der Waals surface area contributed by atoms with Gasteiger partial charge in [0, 0.05) is 0 Å². The average Bonchev–Trinajstić information content (AvgIpc) is 2.78. The molecule has 0 aliphatic rings. The van der Waals surface area contributed by atoms with E-state index < -0.39 is 5.97 Å². The maximum absolute atomic E-state index is 11.9. The number of hydrogen-bond acceptors (Lipinski definition) is 4. The Bertz CT molecular complexity index is 620. The smallest absolute Gasteiger partial charge is 0.360 e. The van der Waals surface area contributed by atoms with Crippen LogP contribution in [-0.4, -0.2) is 22.1 Å². The zero-order chi connectivity index (χ0) is 15.4. The number of ether oxygens (including phenoxy) is 1. The molecule has 1 heterocycles. The van der Waals surface area contributed by atoms with Gasteiger partial charge in [0.25, 0.3) is 0 Å². The van der Waals surface area contributed by atoms with Gasteiger partial charge >= 0.3 is 5.97 Å². The molecule has 2 rings (SSSR count). The summed E-state index contributed by atoms with van der Waals surface area (Å²) in [5.74, 6) is 0.604. The van der Waals surface area contributed by atoms with Crippen molar-refractivity contribution in [3.8, 4) is 0 Å². The van der Waals surface area contributed by atoms with Gasteiger partial charge in [0.05, 0.1) is 12.6 Å². The first-order valence-corrected chi connectivity index (χ1v) is 7.16. The van der Waals surface area contributed by atoms with Crippen LogP contribution in [0.2, 0.25) is 0 Å². The standard InChI is InChI=1S/C16H21N3O2/c1-4-13(12-9-7-6-8-10-12)19-11(3)18-14(15(19)17)16(20)21-5-2/h6-10,13H,4-5,17H2,1-3H3. The molecular formula is C16H21N3O2. The van der Waals surface area contributed by atoms with Crippen LogP contribution in [0.5, 0.6) is 0 Å². The van der Waals surface area contributed by atoms with Crippen LogP contribution in [0.1, 0.15) is 48.2 Å². The number of esters is 1. The molecule has 5 heteroatoms. The van der Waals surface area contributed by atoms with Gasteiger partial charge in [-0.05, 0) is 25.8 Å². The van der Waals surface area contributed by atoms with Crippen LogP contribution in [0.15, 0.2) is 30.3 Å². The summed E-state index contributed by atoms with van der Waals surface area (Å²) < 4.78 is 6.91. The Labute approximate surface area is 124 Å². The minimum atomic E-state index is -0.472. The maximum Gasteiger partial charge on any atom is 0.360 e. The highest BCUT2D eigenvalue weighted by Gasteiger charge is 2.24. The summed E-state index contributed by atoms with van der Waals surface area (Å²) in [4.78, 5) is 16.2. The average molecular weight is 287 g/mol. The van der Waals surface area contributed by atoms with Crippen LogP contribution in [0.3, 0.4) is 0 Å². The normalized spacial score (nSPS) is 12.1. The number of hydrogen-bond donors (Lipinski definition) is 1. The minimum Gasteiger partial charge on any atom is -0.461 e. The molecule has 1 aromatic heterocycles. The maximum atomic E-state index is 11.9. The molecule has 0 aliphatic heterocycles. The molecule has 0 spiro atoms. The van der Waals surface area contributed by atoms with Gasteiger partial charge in [-0.15, -0.1) is 0 Å². The largest absolute Gasteiger partial charge is 0.461 e. The van der Waals surface area contributed by atoms with E-state index in [1.54, 1.807) is 6.92 Å². The molecule has 0 radical (unpaired) electrons. The number of nitrogens with two attached hydrogens (primary N) is 1. The second-order valence-corrected chi connectivity index (χ2v) is 4.82. The van der Waals surface area contributed by atoms with Gasteiger partial charge in [0.1, 0.15) is 11.6 Å². The third-order valence-electron chi connectivity index (χ3n) is 3.48. The number of carbonyl (C=O) groups is 1. The Morgan fingerprint density at radius 2 is 2.00 bits per heavy atom. The van der Waals surface area contributed by atoms with Crippen molar-refractivity contribution in [1.82, 2.24) is 9.55 Å². The van der Waals surface area contributed by atoms with Gasteiger partial charge in [-0.1, -0.05) is 37.3 Å². The van der Waals surface area contributed by atoms with Gasteiger partial charge in [-0.25, -0.2) is 9.78 Å². The van der Waals surface area contributed by atoms with Crippen LogP contribution < -0.4 is 5.73 Å². The number of rotatable bonds is 5. The van der Waals surface area contributed by atoms with E-state index in [4.69, 9.17) is 10.5 Å². The quantitative estimate of drug-likeness (QED) is 0.858. The van der Waals surface area contributed by atoms with Crippen molar-refractivity contribution in [2.75, 3.05) is 12.3 Å². The van der Waals surface area contributed by atoms with Crippen molar-refractivity contribution in [2.45, 2.75) is 33.2 Å². The first-order chi connectivity index (χ1) is 10.1. The highest BCUT2D eigenvalue weighted by Crippen LogP contribution is 2.28. The molecule has 21 heavy (non-hydrogen) atoms. The van der Waals surface area contributed by atoms with E-state index in [0.29, 0.717) is 18.2 Å². The summed E-state index contributed by atoms with van der Waals surface area (Å²) in [6, 6.07) is 10.1. The van der Waals surface area contributed by atoms with E-state index in [1.807, 2.05) is 29.7 Å². The lowest BCUT2D eigenvalue weighted by molar-refractivity contribution is 0.0521. The molecule has 0 amide bonds. The first-order valence-electron chi connectivity index (χ1n) is 7.16. The number of benzene rings is 1. The van der Waals surface area contributed by atoms with E-state index in [-0.39, 0.29) is 11.7 Å². The van der Waals surface area contributed by atoms with E-state index in [0.717, 1.165) is 12.0 Å². The zero-order valence-electron chi connectivity index (χ0n) is 12.7. The Balaban J connectivity index is 2.46. The van der Waals surface area contributed by atoms with Crippen LogP contribution in [-0.2, 0) is 4.74 Å². The molecule has 112 valence electrons. The minimum absolute atomic E-state index is 0.0573. The molecule has 1 atom stereocenters. The lowest BCUT2D eigenvalue weighted by atomic mass is 10.0. The molecule has 0 fully saturated rings. The molecule has 0 saturated carbocycles. The molecule has 2 N–H and O–H groups in total. The summed E-state index contributed by atoms with van der Waals surface area (Å²) in [6.07, 6.45) is 0.855. The summed E-state index contributed by atoms with van der Waals surface area (Å²) in [7, 11) is 0. The van der Waals surface area contributed by atoms with Gasteiger partial charge in [0.15, 0.2) is 5.69 Å². The van der Waals surface area contributed by atoms with E-state index >= 15 is 0 Å². The lowest BCUT2D eigenvalue weighted by Crippen LogP contribution is -2.15. The third kappa shape index (κ3) is 2.91. The lowest BCUT2D eigenvalue weighted by Gasteiger charge is -2.20. The zero-order valence-corrected chi connectivity index (χ0v) is 12.7. The Hall–Kier alpha value is -2.30. The fraction of sp³-hybridized carbons (Fsp3) is 0.375. The second-order valence-electron chi connectivity index (χ2n) is 4.82. The van der Waals surface area contributed by atoms with Crippen molar-refractivity contribution in [2.24, 2.45) is 0 Å². The second kappa shape index (κ2) is 6.43. The highest BCUT2D eigenvalue weighted by atomic mass is 16.5. The molecular weight excluding hydrogens is 266 g/mol. The van der Waals surface area contributed by atoms with Gasteiger partial charge in [-0.3, -0.25) is 0 Å². The van der Waals surface area contributed by atoms with Crippen LogP contribution in [0, 0.1) is 6.92 Å². The fourth-order valence-electron chi connectivity index (χ4n) is 2.55. The topological polar surface area (TPSA) is 70.1 Å². The monoisotopic (exact) mass is 287 g/mol. The number of carbonyl (C=O) groups excluding carboxylic acids is 1. The molecule has 1 unspecified atom stereocenters. The molecule has 1 aromatic carbocycles. The van der Waals surface area contributed by atoms with E-state index in [2.05, 4.69) is 24.0 Å². The highest BCUT2D eigenvalue weighted by molar-refractivity contribution is 5.92. The van der Waals surface area contributed by atoms with Crippen LogP contribution in [0.4, 0.5) is 5.82 Å². The molecule has 0 saturated heterocycles. The van der Waals surface area contributed by atoms with Gasteiger partial charge in [0.2, 0.25) is 0 Å². The summed E-state index contributed by atoms with van der Waals surface area (Å²) in [6.45, 7) is 6.00. The van der Waals surface area contributed by atoms with Crippen molar-refractivity contribution in [1.29, 1.82) is 0 Å². The molecule has 2 aromatic rings. The van der Waals surface area contributed by atoms with Gasteiger partial charge < -0.3 is 15.0 Å². The summed E-state index contributed by atoms with van der Waals surface area (Å²) in [5.41, 5.74) is 7.49. The summed E-state index contributed by atoms with van der Waals surface area (Å²) in [5, 5.41) is 0. The Kier molecular flexibility index (Phi) is 4.62. The number of imidazole rings is 1. The van der Waals surface area contributed by atoms with Gasteiger partial charge in [-0.2, -0.15) is 0 Å². The number of anilines is 1. The van der Waals surface area contributed by atoms with Crippen LogP contribution >= 0.6 is 0 Å². The Morgan fingerprint density at radius 3 is 2.57 bits per heavy atom. The van der Waals surface area contributed by atoms with E-state index in [1.165, 1.54) is 0 Å². The molecule has 0 aliphatic carbocycles. The van der Waals surface area contributed by atoms with Crippen molar-refractivity contribution in [3.05, 3.63) is 47.4 Å². The predicted molar refractivity (Wildman–Crippen MR) is 82.2 cm³/mol. The van der Waals surface area contributed by atoms with E-state index in [9.17, 15) is 4.79 Å². The number of nitrogens with zero attached hydrogens (tertiary/aromatic N) is 2. The Morgan fingerprint density at radius 1 is 1.33 bits per heavy atom. The third-order valence-corrected chi connectivity index (χ3v) is 3.48. The SMILES string of the molecule is CCOC(=O)c1nc(C)n(C(CC)c2ccccc2)c1N. The molecule has 0 bridgehead atoms. The molecule has 5 nitrogen and oxygen atoms in total. The van der Waals surface area contributed by atoms with Crippen molar-refractivity contribution >= 4 is 11.8 Å². The predicted octanol–water partition coefficient (Wildman–Crippen LogP) is 2.95.